The highest BCUT2D eigenvalue weighted by Gasteiger charge is 2.33. The number of nitrogens with zero attached hydrogens (tertiary/aromatic N) is 1. The molecule has 0 aliphatic rings. The lowest BCUT2D eigenvalue weighted by atomic mass is 10.1. The Labute approximate surface area is 188 Å². The van der Waals surface area contributed by atoms with Gasteiger partial charge in [-0.1, -0.05) is 0 Å². The average molecular weight is 471 g/mol. The van der Waals surface area contributed by atoms with Crippen LogP contribution >= 0.6 is 0 Å². The van der Waals surface area contributed by atoms with Gasteiger partial charge in [0.2, 0.25) is 23.6 Å². The quantitative estimate of drug-likeness (QED) is 0.133. The Hall–Kier alpha value is -3.56. The minimum atomic E-state index is -1.71. The number of nitrogens with one attached hydrogen (secondary N) is 4. The van der Waals surface area contributed by atoms with Crippen molar-refractivity contribution in [3.8, 4) is 0 Å². The van der Waals surface area contributed by atoms with Crippen LogP contribution in [0.15, 0.2) is 12.5 Å². The lowest BCUT2D eigenvalue weighted by Gasteiger charge is -2.25. The van der Waals surface area contributed by atoms with Gasteiger partial charge in [-0.25, -0.2) is 9.78 Å². The van der Waals surface area contributed by atoms with Crippen molar-refractivity contribution in [3.05, 3.63) is 18.2 Å². The van der Waals surface area contributed by atoms with Crippen LogP contribution in [-0.2, 0) is 30.4 Å². The SMILES string of the molecule is CC(O)C(N)C(=O)NC(Cc1cnc[nH]1)C(=O)NC(CC(N)=O)C(=O)NC(C(=O)O)C(C)O. The number of hydrogen-bond acceptors (Lipinski definition) is 9. The number of carbonyl (C=O) groups excluding carboxylic acids is 4. The number of aromatic amines is 1. The van der Waals surface area contributed by atoms with Gasteiger partial charge < -0.3 is 47.7 Å². The molecule has 15 heteroatoms. The van der Waals surface area contributed by atoms with Crippen molar-refractivity contribution in [2.75, 3.05) is 0 Å². The van der Waals surface area contributed by atoms with Crippen LogP contribution in [0.1, 0.15) is 26.0 Å². The second kappa shape index (κ2) is 12.5. The fraction of sp³-hybridized carbons (Fsp3) is 0.556. The number of aromatic nitrogens is 2. The van der Waals surface area contributed by atoms with Gasteiger partial charge in [0.15, 0.2) is 6.04 Å². The molecule has 15 nitrogen and oxygen atoms in total. The number of carbonyl (C=O) groups is 5. The number of nitrogens with two attached hydrogens (primary N) is 2. The van der Waals surface area contributed by atoms with Crippen molar-refractivity contribution in [1.82, 2.24) is 25.9 Å². The molecule has 0 saturated heterocycles. The Morgan fingerprint density at radius 3 is 2.03 bits per heavy atom. The molecular formula is C18H29N7O8. The predicted molar refractivity (Wildman–Crippen MR) is 111 cm³/mol. The van der Waals surface area contributed by atoms with E-state index >= 15 is 0 Å². The standard InChI is InChI=1S/C18H29N7O8/c1-7(26)13(20)17(31)24-10(3-9-5-21-6-22-9)15(29)23-11(4-12(19)28)16(30)25-14(8(2)27)18(32)33/h5-8,10-11,13-14,26-27H,3-4,20H2,1-2H3,(H2,19,28)(H,21,22)(H,23,29)(H,24,31)(H,25,30)(H,32,33). The van der Waals surface area contributed by atoms with E-state index in [4.69, 9.17) is 16.6 Å². The number of carboxylic acid groups (broad SMARTS) is 1. The number of H-pyrrole nitrogens is 1. The van der Waals surface area contributed by atoms with Crippen LogP contribution in [0.4, 0.5) is 0 Å². The van der Waals surface area contributed by atoms with Gasteiger partial charge in [0, 0.05) is 18.3 Å². The van der Waals surface area contributed by atoms with E-state index in [2.05, 4.69) is 20.6 Å². The minimum Gasteiger partial charge on any atom is -0.480 e. The molecule has 0 saturated carbocycles. The summed E-state index contributed by atoms with van der Waals surface area (Å²) in [7, 11) is 0. The molecule has 0 radical (unpaired) electrons. The molecule has 1 rings (SSSR count). The Morgan fingerprint density at radius 2 is 1.58 bits per heavy atom. The third-order valence-electron chi connectivity index (χ3n) is 4.52. The zero-order valence-electron chi connectivity index (χ0n) is 18.0. The monoisotopic (exact) mass is 471 g/mol. The van der Waals surface area contributed by atoms with E-state index in [1.807, 2.05) is 5.32 Å². The van der Waals surface area contributed by atoms with Gasteiger partial charge in [0.05, 0.1) is 25.0 Å². The van der Waals surface area contributed by atoms with Gasteiger partial charge >= 0.3 is 5.97 Å². The van der Waals surface area contributed by atoms with Crippen LogP contribution in [-0.4, -0.2) is 91.3 Å². The van der Waals surface area contributed by atoms with Crippen molar-refractivity contribution >= 4 is 29.6 Å². The number of rotatable bonds is 13. The molecule has 0 bridgehead atoms. The lowest BCUT2D eigenvalue weighted by molar-refractivity contribution is -0.145. The molecule has 0 spiro atoms. The fourth-order valence-electron chi connectivity index (χ4n) is 2.64. The maximum atomic E-state index is 12.9. The molecule has 1 aromatic rings. The van der Waals surface area contributed by atoms with Gasteiger partial charge in [-0.3, -0.25) is 19.2 Å². The van der Waals surface area contributed by atoms with Crippen molar-refractivity contribution in [2.45, 2.75) is 63.1 Å². The first kappa shape index (κ1) is 27.5. The maximum absolute atomic E-state index is 12.9. The number of amides is 4. The number of primary amides is 1. The smallest absolute Gasteiger partial charge is 0.328 e. The highest BCUT2D eigenvalue weighted by molar-refractivity contribution is 5.96. The zero-order chi connectivity index (χ0) is 25.3. The van der Waals surface area contributed by atoms with E-state index in [9.17, 15) is 34.2 Å². The second-order valence-corrected chi connectivity index (χ2v) is 7.41. The summed E-state index contributed by atoms with van der Waals surface area (Å²) in [5.74, 6) is -5.41. The summed E-state index contributed by atoms with van der Waals surface area (Å²) in [6.07, 6.45) is -0.802. The van der Waals surface area contributed by atoms with Crippen molar-refractivity contribution in [1.29, 1.82) is 0 Å². The number of aliphatic hydroxyl groups excluding tert-OH is 2. The largest absolute Gasteiger partial charge is 0.480 e. The lowest BCUT2D eigenvalue weighted by Crippen LogP contribution is -2.59. The van der Waals surface area contributed by atoms with E-state index in [0.717, 1.165) is 6.92 Å². The summed E-state index contributed by atoms with van der Waals surface area (Å²) < 4.78 is 0. The Morgan fingerprint density at radius 1 is 1.00 bits per heavy atom. The molecule has 0 aliphatic heterocycles. The molecule has 1 heterocycles. The zero-order valence-corrected chi connectivity index (χ0v) is 18.0. The number of carboxylic acids is 1. The van der Waals surface area contributed by atoms with Gasteiger partial charge in [0.1, 0.15) is 18.1 Å². The molecule has 184 valence electrons. The maximum Gasteiger partial charge on any atom is 0.328 e. The molecule has 0 aromatic carbocycles. The van der Waals surface area contributed by atoms with Crippen LogP contribution in [0.5, 0.6) is 0 Å². The molecule has 6 atom stereocenters. The van der Waals surface area contributed by atoms with Gasteiger partial charge in [-0.05, 0) is 13.8 Å². The van der Waals surface area contributed by atoms with Gasteiger partial charge in [-0.2, -0.15) is 0 Å². The van der Waals surface area contributed by atoms with Crippen LogP contribution < -0.4 is 27.4 Å². The van der Waals surface area contributed by atoms with Crippen LogP contribution in [0.25, 0.3) is 0 Å². The third kappa shape index (κ3) is 8.83. The van der Waals surface area contributed by atoms with Crippen LogP contribution in [0.2, 0.25) is 0 Å². The first-order valence-electron chi connectivity index (χ1n) is 9.84. The summed E-state index contributed by atoms with van der Waals surface area (Å²) in [5.41, 5.74) is 11.2. The summed E-state index contributed by atoms with van der Waals surface area (Å²) in [5, 5.41) is 34.8. The Balaban J connectivity index is 3.07. The molecule has 4 amide bonds. The predicted octanol–water partition coefficient (Wildman–Crippen LogP) is -4.54. The third-order valence-corrected chi connectivity index (χ3v) is 4.52. The number of aliphatic carboxylic acids is 1. The van der Waals surface area contributed by atoms with Crippen molar-refractivity contribution in [3.63, 3.8) is 0 Å². The Kier molecular flexibility index (Phi) is 10.4. The van der Waals surface area contributed by atoms with E-state index < -0.39 is 72.4 Å². The van der Waals surface area contributed by atoms with Crippen LogP contribution in [0.3, 0.4) is 0 Å². The number of hydrogen-bond donors (Lipinski definition) is 9. The van der Waals surface area contributed by atoms with Gasteiger partial charge in [-0.15, -0.1) is 0 Å². The number of aliphatic hydroxyl groups is 2. The normalized spacial score (nSPS) is 16.4. The molecule has 33 heavy (non-hydrogen) atoms. The first-order valence-corrected chi connectivity index (χ1v) is 9.84. The van der Waals surface area contributed by atoms with Gasteiger partial charge in [0.25, 0.3) is 0 Å². The molecular weight excluding hydrogens is 442 g/mol. The summed E-state index contributed by atoms with van der Waals surface area (Å²) in [6.45, 7) is 2.41. The average Bonchev–Trinajstić information content (AvgIpc) is 3.22. The van der Waals surface area contributed by atoms with Crippen molar-refractivity contribution < 1.29 is 39.3 Å². The Bertz CT molecular complexity index is 843. The fourth-order valence-corrected chi connectivity index (χ4v) is 2.64. The number of imidazole rings is 1. The van der Waals surface area contributed by atoms with E-state index in [-0.39, 0.29) is 6.42 Å². The second-order valence-electron chi connectivity index (χ2n) is 7.41. The molecule has 1 aromatic heterocycles. The molecule has 0 aliphatic carbocycles. The molecule has 6 unspecified atom stereocenters. The highest BCUT2D eigenvalue weighted by atomic mass is 16.4. The first-order chi connectivity index (χ1) is 15.3. The molecule has 0 fully saturated rings. The van der Waals surface area contributed by atoms with Crippen LogP contribution in [0, 0.1) is 0 Å². The summed E-state index contributed by atoms with van der Waals surface area (Å²) in [4.78, 5) is 66.9. The van der Waals surface area contributed by atoms with E-state index in [1.54, 1.807) is 0 Å². The summed E-state index contributed by atoms with van der Waals surface area (Å²) >= 11 is 0. The molecule has 11 N–H and O–H groups in total. The summed E-state index contributed by atoms with van der Waals surface area (Å²) in [6, 6.07) is -6.00. The van der Waals surface area contributed by atoms with E-state index in [0.29, 0.717) is 5.69 Å². The highest BCUT2D eigenvalue weighted by Crippen LogP contribution is 2.04. The van der Waals surface area contributed by atoms with E-state index in [1.165, 1.54) is 19.4 Å². The van der Waals surface area contributed by atoms with Crippen molar-refractivity contribution in [2.24, 2.45) is 11.5 Å². The topological polar surface area (TPSA) is 263 Å². The minimum absolute atomic E-state index is 0.125.